The van der Waals surface area contributed by atoms with Crippen LogP contribution in [0.1, 0.15) is 74.1 Å². The van der Waals surface area contributed by atoms with Gasteiger partial charge in [-0.3, -0.25) is 14.4 Å². The van der Waals surface area contributed by atoms with Crippen LogP contribution in [0.2, 0.25) is 0 Å². The number of hydrogen-bond donors (Lipinski definition) is 1. The van der Waals surface area contributed by atoms with Gasteiger partial charge in [-0.1, -0.05) is 32.9 Å². The Balaban J connectivity index is 1.78. The second-order valence-corrected chi connectivity index (χ2v) is 14.8. The molecule has 2 bridgehead atoms. The molecule has 1 aromatic rings. The first-order valence-electron chi connectivity index (χ1n) is 16.3. The fourth-order valence-corrected chi connectivity index (χ4v) is 8.38. The minimum atomic E-state index is -1.16. The van der Waals surface area contributed by atoms with E-state index in [0.29, 0.717) is 43.9 Å². The maximum Gasteiger partial charge on any atom is 0.249 e. The van der Waals surface area contributed by atoms with Crippen molar-refractivity contribution >= 4 is 23.4 Å². The smallest absolute Gasteiger partial charge is 0.249 e. The summed E-state index contributed by atoms with van der Waals surface area (Å²) in [5.41, 5.74) is -2.02. The SMILES string of the molecule is C=CCN(C(=O)[C@@H]1[C@H]2C(=O)N(CCCO)C(C(=O)N(CC=C)C(C)(C)CC(C)(C)C)C23CC[C@@]1(C)O3)c1ccc(OCC)cc1. The van der Waals surface area contributed by atoms with Crippen LogP contribution in [0.15, 0.2) is 49.6 Å². The molecule has 2 unspecified atom stereocenters. The fourth-order valence-electron chi connectivity index (χ4n) is 8.38. The summed E-state index contributed by atoms with van der Waals surface area (Å²) in [7, 11) is 0. The summed E-state index contributed by atoms with van der Waals surface area (Å²) in [5, 5.41) is 9.76. The molecule has 0 saturated carbocycles. The number of aliphatic hydroxyl groups excluding tert-OH is 1. The van der Waals surface area contributed by atoms with Gasteiger partial charge >= 0.3 is 0 Å². The number of aliphatic hydroxyl groups is 1. The molecule has 5 atom stereocenters. The molecule has 3 aliphatic heterocycles. The largest absolute Gasteiger partial charge is 0.494 e. The Morgan fingerprint density at radius 3 is 2.29 bits per heavy atom. The maximum atomic E-state index is 14.9. The van der Waals surface area contributed by atoms with Gasteiger partial charge < -0.3 is 29.3 Å². The Morgan fingerprint density at radius 1 is 1.09 bits per heavy atom. The molecule has 4 rings (SSSR count). The lowest BCUT2D eigenvalue weighted by Crippen LogP contribution is -2.61. The van der Waals surface area contributed by atoms with Gasteiger partial charge in [-0.2, -0.15) is 0 Å². The van der Waals surface area contributed by atoms with Crippen molar-refractivity contribution in [3.63, 3.8) is 0 Å². The molecule has 0 radical (unpaired) electrons. The number of fused-ring (bicyclic) bond motifs is 1. The van der Waals surface area contributed by atoms with E-state index < -0.39 is 34.6 Å². The number of amides is 3. The number of ether oxygens (including phenoxy) is 2. The van der Waals surface area contributed by atoms with Gasteiger partial charge in [0.15, 0.2) is 0 Å². The molecule has 1 spiro atoms. The normalized spacial score (nSPS) is 27.3. The van der Waals surface area contributed by atoms with Crippen LogP contribution in [0.5, 0.6) is 5.75 Å². The number of anilines is 1. The van der Waals surface area contributed by atoms with Crippen LogP contribution < -0.4 is 9.64 Å². The van der Waals surface area contributed by atoms with Crippen LogP contribution in [-0.2, 0) is 19.1 Å². The van der Waals surface area contributed by atoms with Gasteiger partial charge in [0, 0.05) is 37.5 Å². The van der Waals surface area contributed by atoms with Crippen LogP contribution in [0, 0.1) is 17.3 Å². The third-order valence-electron chi connectivity index (χ3n) is 9.64. The predicted octanol–water partition coefficient (Wildman–Crippen LogP) is 4.98. The van der Waals surface area contributed by atoms with Crippen LogP contribution in [0.3, 0.4) is 0 Å². The number of hydrogen-bond acceptors (Lipinski definition) is 6. The molecule has 1 aromatic carbocycles. The van der Waals surface area contributed by atoms with Gasteiger partial charge in [0.25, 0.3) is 0 Å². The molecular formula is C36H53N3O6. The zero-order chi connectivity index (χ0) is 33.4. The summed E-state index contributed by atoms with van der Waals surface area (Å²) in [5.74, 6) is -1.62. The van der Waals surface area contributed by atoms with Crippen molar-refractivity contribution in [3.05, 3.63) is 49.6 Å². The van der Waals surface area contributed by atoms with E-state index in [2.05, 4.69) is 33.9 Å². The Labute approximate surface area is 269 Å². The van der Waals surface area contributed by atoms with E-state index in [0.717, 1.165) is 6.42 Å². The molecule has 3 heterocycles. The molecule has 248 valence electrons. The second-order valence-electron chi connectivity index (χ2n) is 14.8. The molecule has 0 aliphatic carbocycles. The highest BCUT2D eigenvalue weighted by Gasteiger charge is 2.78. The topological polar surface area (TPSA) is 99.6 Å². The molecule has 3 saturated heterocycles. The zero-order valence-corrected chi connectivity index (χ0v) is 28.3. The minimum Gasteiger partial charge on any atom is -0.494 e. The van der Waals surface area contributed by atoms with E-state index in [9.17, 15) is 19.5 Å². The number of benzene rings is 1. The highest BCUT2D eigenvalue weighted by Crippen LogP contribution is 2.63. The lowest BCUT2D eigenvalue weighted by atomic mass is 9.65. The first-order chi connectivity index (χ1) is 21.1. The Morgan fingerprint density at radius 2 is 1.73 bits per heavy atom. The summed E-state index contributed by atoms with van der Waals surface area (Å²) in [6.45, 7) is 23.3. The van der Waals surface area contributed by atoms with Gasteiger partial charge in [-0.05, 0) is 83.1 Å². The maximum absolute atomic E-state index is 14.9. The minimum absolute atomic E-state index is 0.0606. The quantitative estimate of drug-likeness (QED) is 0.294. The predicted molar refractivity (Wildman–Crippen MR) is 176 cm³/mol. The zero-order valence-electron chi connectivity index (χ0n) is 28.3. The van der Waals surface area contributed by atoms with Crippen molar-refractivity contribution in [2.45, 2.75) is 96.9 Å². The summed E-state index contributed by atoms with van der Waals surface area (Å²) in [6.07, 6.45) is 5.46. The van der Waals surface area contributed by atoms with Crippen molar-refractivity contribution in [2.24, 2.45) is 17.3 Å². The molecule has 1 N–H and O–H groups in total. The van der Waals surface area contributed by atoms with Crippen molar-refractivity contribution < 1.29 is 29.0 Å². The van der Waals surface area contributed by atoms with Gasteiger partial charge in [-0.25, -0.2) is 0 Å². The molecule has 3 amide bonds. The Bertz CT molecular complexity index is 1290. The molecule has 9 heteroatoms. The van der Waals surface area contributed by atoms with Crippen LogP contribution >= 0.6 is 0 Å². The van der Waals surface area contributed by atoms with Crippen molar-refractivity contribution in [3.8, 4) is 5.75 Å². The third kappa shape index (κ3) is 6.30. The van der Waals surface area contributed by atoms with Crippen LogP contribution in [-0.4, -0.2) is 88.3 Å². The van der Waals surface area contributed by atoms with Crippen LogP contribution in [0.25, 0.3) is 0 Å². The van der Waals surface area contributed by atoms with Gasteiger partial charge in [0.2, 0.25) is 17.7 Å². The van der Waals surface area contributed by atoms with E-state index in [1.165, 1.54) is 0 Å². The number of carbonyl (C=O) groups is 3. The summed E-state index contributed by atoms with van der Waals surface area (Å²) >= 11 is 0. The summed E-state index contributed by atoms with van der Waals surface area (Å²) in [6, 6.07) is 6.39. The van der Waals surface area contributed by atoms with Gasteiger partial charge in [0.1, 0.15) is 17.4 Å². The molecule has 3 aliphatic rings. The lowest BCUT2D eigenvalue weighted by molar-refractivity contribution is -0.156. The number of likely N-dealkylation sites (tertiary alicyclic amines) is 1. The van der Waals surface area contributed by atoms with Crippen molar-refractivity contribution in [1.82, 2.24) is 9.80 Å². The Kier molecular flexibility index (Phi) is 9.96. The van der Waals surface area contributed by atoms with Crippen molar-refractivity contribution in [2.75, 3.05) is 37.7 Å². The molecular weight excluding hydrogens is 570 g/mol. The molecule has 45 heavy (non-hydrogen) atoms. The number of nitrogens with zero attached hydrogens (tertiary/aromatic N) is 3. The van der Waals surface area contributed by atoms with Crippen molar-refractivity contribution in [1.29, 1.82) is 0 Å². The lowest BCUT2D eigenvalue weighted by Gasteiger charge is -2.45. The first kappa shape index (κ1) is 34.7. The highest BCUT2D eigenvalue weighted by molar-refractivity contribution is 6.03. The van der Waals surface area contributed by atoms with E-state index in [-0.39, 0.29) is 42.8 Å². The molecule has 3 fully saturated rings. The second kappa shape index (κ2) is 12.9. The van der Waals surface area contributed by atoms with Gasteiger partial charge in [-0.15, -0.1) is 13.2 Å². The molecule has 9 nitrogen and oxygen atoms in total. The summed E-state index contributed by atoms with van der Waals surface area (Å²) < 4.78 is 12.5. The van der Waals surface area contributed by atoms with Crippen LogP contribution in [0.4, 0.5) is 5.69 Å². The number of carbonyl (C=O) groups excluding carboxylic acids is 3. The average Bonchev–Trinajstić information content (AvgIpc) is 3.52. The highest BCUT2D eigenvalue weighted by atomic mass is 16.5. The van der Waals surface area contributed by atoms with E-state index >= 15 is 0 Å². The Hall–Kier alpha value is -3.17. The standard InChI is InChI=1S/C36H53N3O6/c1-10-20-37(25-14-16-26(17-15-25)44-12-3)30(41)27-28-31(42)38(22-13-23-40)29(36(28)19-18-35(27,9)45-36)32(43)39(21-11-2)34(7,8)24-33(4,5)6/h10-11,14-17,27-29,40H,1-2,12-13,18-24H2,3-9H3/t27-,28-,29?,35+,36?/m0/s1. The van der Waals surface area contributed by atoms with E-state index in [1.54, 1.807) is 22.0 Å². The third-order valence-corrected chi connectivity index (χ3v) is 9.64. The average molecular weight is 624 g/mol. The monoisotopic (exact) mass is 623 g/mol. The first-order valence-corrected chi connectivity index (χ1v) is 16.3. The van der Waals surface area contributed by atoms with E-state index in [4.69, 9.17) is 9.47 Å². The van der Waals surface area contributed by atoms with E-state index in [1.807, 2.05) is 56.9 Å². The summed E-state index contributed by atoms with van der Waals surface area (Å²) in [4.78, 5) is 49.0. The fraction of sp³-hybridized carbons (Fsp3) is 0.639. The molecule has 0 aromatic heterocycles. The van der Waals surface area contributed by atoms with Gasteiger partial charge in [0.05, 0.1) is 24.0 Å². The number of rotatable bonds is 14.